The Bertz CT molecular complexity index is 752. The number of ketones is 1. The van der Waals surface area contributed by atoms with Gasteiger partial charge in [-0.25, -0.2) is 4.98 Å². The first-order valence-corrected chi connectivity index (χ1v) is 8.44. The maximum Gasteiger partial charge on any atom is 0.250 e. The zero-order valence-corrected chi connectivity index (χ0v) is 14.0. The summed E-state index contributed by atoms with van der Waals surface area (Å²) < 4.78 is 0.898. The Morgan fingerprint density at radius 1 is 1.48 bits per heavy atom. The zero-order chi connectivity index (χ0) is 16.6. The van der Waals surface area contributed by atoms with Gasteiger partial charge >= 0.3 is 0 Å². The van der Waals surface area contributed by atoms with Crippen molar-refractivity contribution in [3.05, 3.63) is 23.8 Å². The van der Waals surface area contributed by atoms with Crippen LogP contribution in [0.15, 0.2) is 18.2 Å². The first kappa shape index (κ1) is 15.9. The number of fused-ring (bicyclic) bond motifs is 1. The lowest BCUT2D eigenvalue weighted by molar-refractivity contribution is -0.119. The summed E-state index contributed by atoms with van der Waals surface area (Å²) in [4.78, 5) is 30.2. The van der Waals surface area contributed by atoms with Gasteiger partial charge in [0.15, 0.2) is 10.9 Å². The third kappa shape index (κ3) is 2.94. The number of anilines is 1. The monoisotopic (exact) mass is 332 g/mol. The van der Waals surface area contributed by atoms with Gasteiger partial charge in [0.25, 0.3) is 5.91 Å². The fourth-order valence-corrected chi connectivity index (χ4v) is 4.26. The number of nitrogens with two attached hydrogens (primary N) is 1. The summed E-state index contributed by atoms with van der Waals surface area (Å²) in [5.74, 6) is -0.0751. The number of aromatic nitrogens is 1. The molecule has 122 valence electrons. The molecule has 0 aliphatic carbocycles. The zero-order valence-electron chi connectivity index (χ0n) is 13.2. The summed E-state index contributed by atoms with van der Waals surface area (Å²) in [6.45, 7) is 3.40. The molecule has 0 radical (unpaired) electrons. The van der Waals surface area contributed by atoms with Gasteiger partial charge in [-0.05, 0) is 32.0 Å². The quantitative estimate of drug-likeness (QED) is 0.864. The van der Waals surface area contributed by atoms with Crippen LogP contribution in [0, 0.1) is 5.92 Å². The summed E-state index contributed by atoms with van der Waals surface area (Å²) >= 11 is 1.48. The number of carbonyl (C=O) groups excluding carboxylic acids is 2. The van der Waals surface area contributed by atoms with Crippen LogP contribution in [0.1, 0.15) is 23.7 Å². The summed E-state index contributed by atoms with van der Waals surface area (Å²) in [7, 11) is 1.89. The Hall–Kier alpha value is -1.99. The number of para-hydroxylation sites is 1. The average Bonchev–Trinajstić information content (AvgIpc) is 3.15. The third-order valence-corrected chi connectivity index (χ3v) is 5.46. The molecule has 2 aromatic rings. The molecule has 1 aliphatic rings. The molecule has 1 aromatic heterocycles. The van der Waals surface area contributed by atoms with E-state index in [1.165, 1.54) is 11.3 Å². The lowest BCUT2D eigenvalue weighted by atomic mass is 9.95. The molecule has 1 amide bonds. The first-order chi connectivity index (χ1) is 11.0. The number of rotatable bonds is 5. The summed E-state index contributed by atoms with van der Waals surface area (Å²) in [5.41, 5.74) is 6.45. The molecule has 0 spiro atoms. The minimum absolute atomic E-state index is 0.135. The second kappa shape index (κ2) is 6.25. The predicted octanol–water partition coefficient (Wildman–Crippen LogP) is 1.40. The molecule has 1 aromatic carbocycles. The number of primary amides is 1. The number of hydrogen-bond donors (Lipinski definition) is 2. The van der Waals surface area contributed by atoms with Crippen LogP contribution in [0.4, 0.5) is 5.13 Å². The summed E-state index contributed by atoms with van der Waals surface area (Å²) in [6.07, 6.45) is 0.978. The van der Waals surface area contributed by atoms with Crippen LogP contribution < -0.4 is 16.0 Å². The van der Waals surface area contributed by atoms with Crippen LogP contribution in [0.5, 0.6) is 0 Å². The van der Waals surface area contributed by atoms with Crippen molar-refractivity contribution in [3.8, 4) is 0 Å². The van der Waals surface area contributed by atoms with Crippen LogP contribution in [0.3, 0.4) is 0 Å². The highest BCUT2D eigenvalue weighted by Gasteiger charge is 2.33. The number of thiazole rings is 1. The van der Waals surface area contributed by atoms with E-state index in [9.17, 15) is 9.59 Å². The number of nitrogens with zero attached hydrogens (tertiary/aromatic N) is 2. The van der Waals surface area contributed by atoms with Crippen molar-refractivity contribution in [2.75, 3.05) is 25.0 Å². The van der Waals surface area contributed by atoms with Gasteiger partial charge in [0.05, 0.1) is 21.8 Å². The van der Waals surface area contributed by atoms with Gasteiger partial charge in [0.1, 0.15) is 0 Å². The van der Waals surface area contributed by atoms with E-state index in [-0.39, 0.29) is 17.7 Å². The van der Waals surface area contributed by atoms with Gasteiger partial charge in [-0.3, -0.25) is 9.59 Å². The molecular formula is C16H20N4O2S. The Kier molecular flexibility index (Phi) is 4.32. The molecule has 0 saturated carbocycles. The molecule has 6 nitrogen and oxygen atoms in total. The van der Waals surface area contributed by atoms with Crippen molar-refractivity contribution >= 4 is 38.4 Å². The van der Waals surface area contributed by atoms with E-state index in [2.05, 4.69) is 10.3 Å². The van der Waals surface area contributed by atoms with E-state index in [0.29, 0.717) is 11.1 Å². The van der Waals surface area contributed by atoms with Gasteiger partial charge in [-0.2, -0.15) is 0 Å². The van der Waals surface area contributed by atoms with Crippen LogP contribution in [0.25, 0.3) is 10.2 Å². The molecule has 7 heteroatoms. The molecule has 2 unspecified atom stereocenters. The predicted molar refractivity (Wildman–Crippen MR) is 92.0 cm³/mol. The minimum Gasteiger partial charge on any atom is -0.366 e. The molecule has 2 atom stereocenters. The highest BCUT2D eigenvalue weighted by molar-refractivity contribution is 7.22. The Labute approximate surface area is 138 Å². The van der Waals surface area contributed by atoms with E-state index in [0.717, 1.165) is 29.3 Å². The van der Waals surface area contributed by atoms with Crippen molar-refractivity contribution in [1.29, 1.82) is 0 Å². The van der Waals surface area contributed by atoms with Gasteiger partial charge in [0.2, 0.25) is 0 Å². The maximum atomic E-state index is 12.2. The number of benzene rings is 1. The molecule has 0 bridgehead atoms. The van der Waals surface area contributed by atoms with Gasteiger partial charge in [-0.1, -0.05) is 17.4 Å². The van der Waals surface area contributed by atoms with Crippen LogP contribution in [0.2, 0.25) is 0 Å². The topological polar surface area (TPSA) is 88.3 Å². The minimum atomic E-state index is -0.488. The standard InChI is InChI=1S/C16H20N4O2S/c1-9(21)14(10-6-7-18-8-10)20(2)16-19-13-11(15(17)22)4-3-5-12(13)23-16/h3-5,10,14,18H,6-8H2,1-2H3,(H2,17,22). The summed E-state index contributed by atoms with van der Waals surface area (Å²) in [6, 6.07) is 5.18. The van der Waals surface area contributed by atoms with Gasteiger partial charge < -0.3 is 16.0 Å². The van der Waals surface area contributed by atoms with E-state index >= 15 is 0 Å². The number of amides is 1. The van der Waals surface area contributed by atoms with Crippen molar-refractivity contribution in [2.24, 2.45) is 11.7 Å². The van der Waals surface area contributed by atoms with Gasteiger partial charge in [0, 0.05) is 19.5 Å². The van der Waals surface area contributed by atoms with E-state index in [4.69, 9.17) is 5.73 Å². The number of carbonyl (C=O) groups is 2. The Balaban J connectivity index is 1.99. The lowest BCUT2D eigenvalue weighted by Gasteiger charge is -2.30. The molecular weight excluding hydrogens is 312 g/mol. The SMILES string of the molecule is CC(=O)C(C1CCNC1)N(C)c1nc2c(C(N)=O)cccc2s1. The van der Waals surface area contributed by atoms with Crippen molar-refractivity contribution in [3.63, 3.8) is 0 Å². The Morgan fingerprint density at radius 2 is 2.26 bits per heavy atom. The van der Waals surface area contributed by atoms with Crippen LogP contribution in [-0.4, -0.2) is 42.9 Å². The van der Waals surface area contributed by atoms with E-state index in [1.807, 2.05) is 18.0 Å². The fourth-order valence-electron chi connectivity index (χ4n) is 3.27. The second-order valence-electron chi connectivity index (χ2n) is 5.93. The van der Waals surface area contributed by atoms with Crippen LogP contribution >= 0.6 is 11.3 Å². The van der Waals surface area contributed by atoms with Crippen molar-refractivity contribution in [1.82, 2.24) is 10.3 Å². The Morgan fingerprint density at radius 3 is 2.87 bits per heavy atom. The highest BCUT2D eigenvalue weighted by Crippen LogP contribution is 2.33. The van der Waals surface area contributed by atoms with Crippen LogP contribution in [-0.2, 0) is 4.79 Å². The third-order valence-electron chi connectivity index (χ3n) is 4.35. The molecule has 3 N–H and O–H groups in total. The van der Waals surface area contributed by atoms with Crippen molar-refractivity contribution in [2.45, 2.75) is 19.4 Å². The maximum absolute atomic E-state index is 12.2. The second-order valence-corrected chi connectivity index (χ2v) is 6.94. The molecule has 1 fully saturated rings. The first-order valence-electron chi connectivity index (χ1n) is 7.62. The normalized spacial score (nSPS) is 19.0. The average molecular weight is 332 g/mol. The smallest absolute Gasteiger partial charge is 0.250 e. The van der Waals surface area contributed by atoms with E-state index < -0.39 is 5.91 Å². The molecule has 2 heterocycles. The lowest BCUT2D eigenvalue weighted by Crippen LogP contribution is -2.44. The largest absolute Gasteiger partial charge is 0.366 e. The number of likely N-dealkylation sites (N-methyl/N-ethyl adjacent to an activating group) is 1. The van der Waals surface area contributed by atoms with Crippen molar-refractivity contribution < 1.29 is 9.59 Å². The van der Waals surface area contributed by atoms with Gasteiger partial charge in [-0.15, -0.1) is 0 Å². The van der Waals surface area contributed by atoms with E-state index in [1.54, 1.807) is 19.1 Å². The number of hydrogen-bond acceptors (Lipinski definition) is 6. The fraction of sp³-hybridized carbons (Fsp3) is 0.438. The highest BCUT2D eigenvalue weighted by atomic mass is 32.1. The molecule has 23 heavy (non-hydrogen) atoms. The number of nitrogens with one attached hydrogen (secondary N) is 1. The molecule has 1 aliphatic heterocycles. The molecule has 3 rings (SSSR count). The molecule has 1 saturated heterocycles. The summed E-state index contributed by atoms with van der Waals surface area (Å²) in [5, 5.41) is 4.04. The number of Topliss-reactive ketones (excluding diaryl/α,β-unsaturated/α-hetero) is 1.